The van der Waals surface area contributed by atoms with Gasteiger partial charge >= 0.3 is 11.6 Å². The summed E-state index contributed by atoms with van der Waals surface area (Å²) < 4.78 is 10.1. The molecule has 0 fully saturated rings. The molecule has 2 aromatic heterocycles. The summed E-state index contributed by atoms with van der Waals surface area (Å²) >= 11 is 0. The van der Waals surface area contributed by atoms with Crippen LogP contribution in [0, 0.1) is 6.92 Å². The normalized spacial score (nSPS) is 11.4. The number of fused-ring (bicyclic) bond motifs is 5. The number of carbonyl (C=O) groups is 1. The molecular formula is C18H13NO4. The quantitative estimate of drug-likeness (QED) is 0.431. The largest absolute Gasteiger partial charge is 0.465 e. The number of aromatic nitrogens is 1. The second-order valence-electron chi connectivity index (χ2n) is 5.51. The van der Waals surface area contributed by atoms with Crippen molar-refractivity contribution in [3.8, 4) is 0 Å². The number of aryl methyl sites for hydroxylation is 1. The van der Waals surface area contributed by atoms with E-state index in [1.807, 2.05) is 25.1 Å². The Bertz CT molecular complexity index is 1150. The van der Waals surface area contributed by atoms with Crippen LogP contribution in [-0.4, -0.2) is 18.1 Å². The van der Waals surface area contributed by atoms with Crippen molar-refractivity contribution < 1.29 is 13.9 Å². The van der Waals surface area contributed by atoms with Gasteiger partial charge in [0.2, 0.25) is 0 Å². The highest BCUT2D eigenvalue weighted by Gasteiger charge is 2.17. The maximum atomic E-state index is 11.9. The molecule has 0 bridgehead atoms. The summed E-state index contributed by atoms with van der Waals surface area (Å²) in [6, 6.07) is 10.9. The molecular weight excluding hydrogens is 294 g/mol. The van der Waals surface area contributed by atoms with E-state index in [0.29, 0.717) is 16.5 Å². The molecule has 114 valence electrons. The molecule has 2 heterocycles. The molecule has 0 aliphatic heterocycles. The van der Waals surface area contributed by atoms with Crippen molar-refractivity contribution in [3.05, 3.63) is 57.9 Å². The van der Waals surface area contributed by atoms with Crippen molar-refractivity contribution in [1.29, 1.82) is 0 Å². The molecule has 5 nitrogen and oxygen atoms in total. The van der Waals surface area contributed by atoms with E-state index >= 15 is 0 Å². The number of rotatable bonds is 1. The number of H-pyrrole nitrogens is 1. The first-order valence-electron chi connectivity index (χ1n) is 7.15. The fourth-order valence-corrected chi connectivity index (χ4v) is 2.98. The molecule has 0 atom stereocenters. The Kier molecular flexibility index (Phi) is 2.78. The third-order valence-corrected chi connectivity index (χ3v) is 4.04. The van der Waals surface area contributed by atoms with Crippen LogP contribution >= 0.6 is 0 Å². The van der Waals surface area contributed by atoms with Crippen LogP contribution in [0.2, 0.25) is 0 Å². The van der Waals surface area contributed by atoms with Crippen LogP contribution in [0.1, 0.15) is 15.9 Å². The molecule has 0 unspecified atom stereocenters. The molecule has 0 saturated carbocycles. The topological polar surface area (TPSA) is 72.3 Å². The third-order valence-electron chi connectivity index (χ3n) is 4.04. The van der Waals surface area contributed by atoms with E-state index in [-0.39, 0.29) is 5.56 Å². The van der Waals surface area contributed by atoms with Crippen LogP contribution < -0.4 is 5.63 Å². The van der Waals surface area contributed by atoms with Crippen molar-refractivity contribution in [1.82, 2.24) is 4.98 Å². The first-order valence-corrected chi connectivity index (χ1v) is 7.15. The van der Waals surface area contributed by atoms with Gasteiger partial charge in [-0.25, -0.2) is 9.59 Å². The van der Waals surface area contributed by atoms with Gasteiger partial charge in [0.1, 0.15) is 0 Å². The lowest BCUT2D eigenvalue weighted by molar-refractivity contribution is 0.0602. The molecule has 23 heavy (non-hydrogen) atoms. The average Bonchev–Trinajstić information content (AvgIpc) is 2.91. The predicted octanol–water partition coefficient (Wildman–Crippen LogP) is 3.52. The van der Waals surface area contributed by atoms with Gasteiger partial charge in [0.25, 0.3) is 0 Å². The van der Waals surface area contributed by atoms with E-state index in [2.05, 4.69) is 11.1 Å². The molecule has 4 rings (SSSR count). The minimum Gasteiger partial charge on any atom is -0.465 e. The van der Waals surface area contributed by atoms with Crippen LogP contribution in [0.25, 0.3) is 32.8 Å². The van der Waals surface area contributed by atoms with Crippen LogP contribution in [0.15, 0.2) is 45.6 Å². The number of ether oxygens (including phenoxy) is 1. The molecule has 1 N–H and O–H groups in total. The molecule has 0 spiro atoms. The lowest BCUT2D eigenvalue weighted by Gasteiger charge is -2.04. The summed E-state index contributed by atoms with van der Waals surface area (Å²) in [5.41, 5.74) is 2.78. The third kappa shape index (κ3) is 1.93. The first-order chi connectivity index (χ1) is 11.1. The Morgan fingerprint density at radius 3 is 2.65 bits per heavy atom. The summed E-state index contributed by atoms with van der Waals surface area (Å²) in [4.78, 5) is 27.0. The van der Waals surface area contributed by atoms with Gasteiger partial charge in [-0.1, -0.05) is 17.7 Å². The van der Waals surface area contributed by atoms with Gasteiger partial charge in [0.05, 0.1) is 18.2 Å². The summed E-state index contributed by atoms with van der Waals surface area (Å²) in [7, 11) is 1.28. The Balaban J connectivity index is 2.21. The molecule has 0 aliphatic carbocycles. The Morgan fingerprint density at radius 1 is 1.09 bits per heavy atom. The van der Waals surface area contributed by atoms with E-state index in [1.165, 1.54) is 7.11 Å². The smallest absolute Gasteiger partial charge is 0.338 e. The maximum absolute atomic E-state index is 11.9. The SMILES string of the molecule is COC(=O)c1cc(=O)oc2c1ccc1c3cc(C)ccc3[nH]c12. The zero-order valence-corrected chi connectivity index (χ0v) is 12.6. The minimum absolute atomic E-state index is 0.204. The average molecular weight is 307 g/mol. The zero-order valence-electron chi connectivity index (χ0n) is 12.6. The number of nitrogens with one attached hydrogen (secondary N) is 1. The summed E-state index contributed by atoms with van der Waals surface area (Å²) in [5, 5.41) is 2.54. The van der Waals surface area contributed by atoms with Gasteiger partial charge in [-0.05, 0) is 25.1 Å². The van der Waals surface area contributed by atoms with Gasteiger partial charge in [-0.2, -0.15) is 0 Å². The number of hydrogen-bond donors (Lipinski definition) is 1. The van der Waals surface area contributed by atoms with Crippen molar-refractivity contribution in [2.75, 3.05) is 7.11 Å². The van der Waals surface area contributed by atoms with Crippen LogP contribution in [-0.2, 0) is 4.74 Å². The second-order valence-corrected chi connectivity index (χ2v) is 5.51. The number of aromatic amines is 1. The van der Waals surface area contributed by atoms with Gasteiger partial charge in [0.15, 0.2) is 5.58 Å². The number of benzene rings is 2. The van der Waals surface area contributed by atoms with Crippen LogP contribution in [0.5, 0.6) is 0 Å². The molecule has 0 aliphatic rings. The number of carbonyl (C=O) groups excluding carboxylic acids is 1. The monoisotopic (exact) mass is 307 g/mol. The molecule has 0 amide bonds. The predicted molar refractivity (Wildman–Crippen MR) is 87.9 cm³/mol. The molecule has 5 heteroatoms. The molecule has 0 radical (unpaired) electrons. The van der Waals surface area contributed by atoms with Crippen LogP contribution in [0.4, 0.5) is 0 Å². The second kappa shape index (κ2) is 4.71. The Morgan fingerprint density at radius 2 is 1.87 bits per heavy atom. The lowest BCUT2D eigenvalue weighted by atomic mass is 10.1. The van der Waals surface area contributed by atoms with Gasteiger partial charge in [-0.3, -0.25) is 0 Å². The van der Waals surface area contributed by atoms with Gasteiger partial charge in [-0.15, -0.1) is 0 Å². The van der Waals surface area contributed by atoms with Crippen molar-refractivity contribution in [2.24, 2.45) is 0 Å². The van der Waals surface area contributed by atoms with Crippen molar-refractivity contribution >= 4 is 38.7 Å². The lowest BCUT2D eigenvalue weighted by Crippen LogP contribution is -2.08. The summed E-state index contributed by atoms with van der Waals surface area (Å²) in [6.07, 6.45) is 0. The molecule has 4 aromatic rings. The van der Waals surface area contributed by atoms with Gasteiger partial charge < -0.3 is 14.1 Å². The Hall–Kier alpha value is -3.08. The van der Waals surface area contributed by atoms with E-state index in [4.69, 9.17) is 9.15 Å². The van der Waals surface area contributed by atoms with Gasteiger partial charge in [0, 0.05) is 27.7 Å². The summed E-state index contributed by atoms with van der Waals surface area (Å²) in [5.74, 6) is -0.561. The minimum atomic E-state index is -0.583. The fourth-order valence-electron chi connectivity index (χ4n) is 2.98. The highest BCUT2D eigenvalue weighted by molar-refractivity contribution is 6.17. The Labute approximate surface area is 130 Å². The van der Waals surface area contributed by atoms with Crippen molar-refractivity contribution in [3.63, 3.8) is 0 Å². The summed E-state index contributed by atoms with van der Waals surface area (Å²) in [6.45, 7) is 2.02. The number of methoxy groups -OCH3 is 1. The van der Waals surface area contributed by atoms with E-state index < -0.39 is 11.6 Å². The number of hydrogen-bond acceptors (Lipinski definition) is 4. The van der Waals surface area contributed by atoms with E-state index in [1.54, 1.807) is 6.07 Å². The standard InChI is InChI=1S/C18H13NO4/c1-9-3-6-14-12(7-9)10-4-5-11-13(18(21)22-2)8-15(20)23-17(11)16(10)19-14/h3-8,19H,1-2H3. The van der Waals surface area contributed by atoms with Crippen LogP contribution in [0.3, 0.4) is 0 Å². The zero-order chi connectivity index (χ0) is 16.1. The van der Waals surface area contributed by atoms with Crippen molar-refractivity contribution in [2.45, 2.75) is 6.92 Å². The van der Waals surface area contributed by atoms with E-state index in [0.717, 1.165) is 27.9 Å². The molecule has 2 aromatic carbocycles. The maximum Gasteiger partial charge on any atom is 0.338 e. The highest BCUT2D eigenvalue weighted by Crippen LogP contribution is 2.32. The fraction of sp³-hybridized carbons (Fsp3) is 0.111. The first kappa shape index (κ1) is 13.6. The number of esters is 1. The molecule has 0 saturated heterocycles. The highest BCUT2D eigenvalue weighted by atomic mass is 16.5. The van der Waals surface area contributed by atoms with E-state index in [9.17, 15) is 9.59 Å².